The van der Waals surface area contributed by atoms with Gasteiger partial charge in [0.1, 0.15) is 0 Å². The first-order chi connectivity index (χ1) is 62.4. The van der Waals surface area contributed by atoms with Crippen LogP contribution in [0.2, 0.25) is 0 Å². The zero-order valence-electron chi connectivity index (χ0n) is 70.7. The Morgan fingerprint density at radius 1 is 0.205 bits per heavy atom. The Morgan fingerprint density at radius 2 is 0.575 bits per heavy atom. The number of hydrogen-bond donors (Lipinski definition) is 1. The third-order valence-electron chi connectivity index (χ3n) is 29.5. The lowest BCUT2D eigenvalue weighted by Gasteiger charge is -2.30. The summed E-state index contributed by atoms with van der Waals surface area (Å²) in [5, 5.41) is 10.3. The van der Waals surface area contributed by atoms with Crippen LogP contribution in [-0.2, 0) is 21.7 Å². The van der Waals surface area contributed by atoms with Gasteiger partial charge in [-0.15, -0.1) is 0 Å². The fourth-order valence-corrected chi connectivity index (χ4v) is 24.2. The van der Waals surface area contributed by atoms with Gasteiger partial charge in [-0.2, -0.15) is 0 Å². The van der Waals surface area contributed by atoms with Crippen molar-refractivity contribution in [2.45, 2.75) is 49.4 Å². The highest BCUT2D eigenvalue weighted by Gasteiger charge is 2.55. The minimum absolute atomic E-state index is 0.0775. The largest absolute Gasteiger partial charge is 0.355 e. The van der Waals surface area contributed by atoms with E-state index in [1.165, 1.54) is 249 Å². The molecule has 0 radical (unpaired) electrons. The molecule has 28 rings (SSSR count). The number of H-pyrrole nitrogens is 1. The van der Waals surface area contributed by atoms with E-state index in [0.29, 0.717) is 0 Å². The SMILES string of the molecule is CC1(C)c2cc(-c3cccc4c3-c3ccccc3C43c4ccccc4-c4cc5ccccc5cc43)ccc2-c2ccc(-n3c4ccccc4c4cc(-c5ccccc5)ccc43)cc21.CC1(C)c2cc(Br)ccc2-c2ccc(-c3cccc4c3-c3ccccc3C43c4ccccc4-c4cc5ccccc5cc43)cc21.c1ccc(-c2ccc3[nH]c4ccccc4c3c2)cc1. The molecule has 596 valence electrons. The molecule has 3 heteroatoms. The van der Waals surface area contributed by atoms with Crippen LogP contribution in [0, 0.1) is 0 Å². The first-order valence-corrected chi connectivity index (χ1v) is 45.3. The van der Waals surface area contributed by atoms with Crippen molar-refractivity contribution >= 4 is 81.1 Å². The third kappa shape index (κ3) is 10.5. The molecule has 0 bridgehead atoms. The second-order valence-corrected chi connectivity index (χ2v) is 37.5. The summed E-state index contributed by atoms with van der Waals surface area (Å²) in [5.41, 5.74) is 47.8. The molecular weight excluding hydrogens is 1600 g/mol. The summed E-state index contributed by atoms with van der Waals surface area (Å²) in [6, 6.07) is 159. The van der Waals surface area contributed by atoms with Crippen molar-refractivity contribution in [3.8, 4) is 117 Å². The average Bonchev–Trinajstić information content (AvgIpc) is 1.50. The zero-order valence-corrected chi connectivity index (χ0v) is 72.3. The third-order valence-corrected chi connectivity index (χ3v) is 30.0. The fourth-order valence-electron chi connectivity index (χ4n) is 23.9. The van der Waals surface area contributed by atoms with Crippen LogP contribution in [0.15, 0.2) is 429 Å². The monoisotopic (exact) mass is 1680 g/mol. The second-order valence-electron chi connectivity index (χ2n) is 36.6. The first-order valence-electron chi connectivity index (χ1n) is 44.5. The molecule has 0 aliphatic heterocycles. The van der Waals surface area contributed by atoms with Crippen molar-refractivity contribution < 1.29 is 0 Å². The molecule has 0 saturated heterocycles. The van der Waals surface area contributed by atoms with E-state index in [-0.39, 0.29) is 16.2 Å². The van der Waals surface area contributed by atoms with E-state index < -0.39 is 5.41 Å². The Hall–Kier alpha value is -15.0. The van der Waals surface area contributed by atoms with Crippen molar-refractivity contribution in [2.24, 2.45) is 0 Å². The highest BCUT2D eigenvalue weighted by atomic mass is 79.9. The summed E-state index contributed by atoms with van der Waals surface area (Å²) in [5.74, 6) is 0. The molecule has 2 unspecified atom stereocenters. The molecule has 20 aromatic carbocycles. The number of aromatic amines is 1. The molecule has 127 heavy (non-hydrogen) atoms. The van der Waals surface area contributed by atoms with E-state index >= 15 is 0 Å². The van der Waals surface area contributed by atoms with Crippen LogP contribution in [0.5, 0.6) is 0 Å². The van der Waals surface area contributed by atoms with Crippen LogP contribution < -0.4 is 0 Å². The molecule has 2 aromatic heterocycles. The van der Waals surface area contributed by atoms with Gasteiger partial charge < -0.3 is 9.55 Å². The molecule has 0 fully saturated rings. The summed E-state index contributed by atoms with van der Waals surface area (Å²) < 4.78 is 3.60. The number of rotatable bonds is 5. The van der Waals surface area contributed by atoms with Gasteiger partial charge in [0.25, 0.3) is 0 Å². The molecule has 1 N–H and O–H groups in total. The normalized spacial score (nSPS) is 15.8. The van der Waals surface area contributed by atoms with Crippen LogP contribution in [0.1, 0.15) is 94.5 Å². The number of para-hydroxylation sites is 2. The van der Waals surface area contributed by atoms with E-state index in [2.05, 4.69) is 472 Å². The van der Waals surface area contributed by atoms with Gasteiger partial charge in [-0.1, -0.05) is 371 Å². The smallest absolute Gasteiger partial charge is 0.0725 e. The van der Waals surface area contributed by atoms with Crippen LogP contribution in [0.4, 0.5) is 0 Å². The standard InChI is InChI=1S/C62H41N.C44H29Br.C18H13N/c1-61(2)55-36-42(27-30-46(55)47-31-29-43(37-56(47)61)63-58-26-13-10-20-48(58)51-34-41(28-32-59(51)63)38-15-4-3-5-16-38)44-22-14-25-54-60(44)49-21-9-12-24-53(49)62(54)52-23-11-8-19-45(52)50-33-39-17-6-7-18-40(39)35-57(50)62;1-43(2)39-24-28(18-20-32(39)33-21-19-29(45)25-40(33)43)30-14-9-17-38-42(30)34-13-6-8-16-37(34)44(38)36-15-7-5-12-31(36)35-22-26-10-3-4-11-27(26)23-41(35)44;1-2-6-13(7-3-1)14-10-11-18-16(12-14)15-8-4-5-9-17(15)19-18/h3-37H,1-2H3;3-25H,1-2H3;1-12,19H. The van der Waals surface area contributed by atoms with Crippen molar-refractivity contribution in [1.82, 2.24) is 9.55 Å². The second kappa shape index (κ2) is 27.5. The van der Waals surface area contributed by atoms with Crippen molar-refractivity contribution in [1.29, 1.82) is 0 Å². The quantitative estimate of drug-likeness (QED) is 0.177. The molecular formula is C124H83BrN2. The summed E-state index contributed by atoms with van der Waals surface area (Å²) in [7, 11) is 0. The molecule has 2 heterocycles. The lowest BCUT2D eigenvalue weighted by atomic mass is 9.70. The van der Waals surface area contributed by atoms with E-state index in [4.69, 9.17) is 0 Å². The predicted octanol–water partition coefficient (Wildman–Crippen LogP) is 32.8. The molecule has 2 nitrogen and oxygen atoms in total. The molecule has 6 aliphatic rings. The summed E-state index contributed by atoms with van der Waals surface area (Å²) in [4.78, 5) is 3.46. The lowest BCUT2D eigenvalue weighted by Crippen LogP contribution is -2.25. The van der Waals surface area contributed by atoms with Crippen molar-refractivity contribution in [3.63, 3.8) is 0 Å². The molecule has 2 spiro atoms. The lowest BCUT2D eigenvalue weighted by molar-refractivity contribution is 0.660. The number of aromatic nitrogens is 2. The van der Waals surface area contributed by atoms with Gasteiger partial charge >= 0.3 is 0 Å². The van der Waals surface area contributed by atoms with Crippen LogP contribution >= 0.6 is 15.9 Å². The van der Waals surface area contributed by atoms with E-state index in [0.717, 1.165) is 4.47 Å². The Labute approximate surface area is 747 Å². The zero-order chi connectivity index (χ0) is 84.3. The fraction of sp³-hybridized carbons (Fsp3) is 0.0645. The number of fused-ring (bicyclic) bond motifs is 34. The predicted molar refractivity (Wildman–Crippen MR) is 535 cm³/mol. The van der Waals surface area contributed by atoms with Gasteiger partial charge in [0.15, 0.2) is 0 Å². The van der Waals surface area contributed by atoms with Gasteiger partial charge in [-0.3, -0.25) is 0 Å². The number of halogens is 1. The molecule has 2 atom stereocenters. The highest BCUT2D eigenvalue weighted by Crippen LogP contribution is 2.68. The van der Waals surface area contributed by atoms with Crippen LogP contribution in [-0.4, -0.2) is 9.55 Å². The molecule has 6 aliphatic carbocycles. The number of hydrogen-bond acceptors (Lipinski definition) is 0. The van der Waals surface area contributed by atoms with Gasteiger partial charge in [-0.25, -0.2) is 0 Å². The van der Waals surface area contributed by atoms with E-state index in [9.17, 15) is 0 Å². The maximum atomic E-state index is 3.73. The molecule has 0 saturated carbocycles. The first kappa shape index (κ1) is 73.5. The average molecular weight is 1680 g/mol. The number of nitrogens with one attached hydrogen (secondary N) is 1. The maximum absolute atomic E-state index is 3.73. The number of benzene rings is 20. The molecule has 22 aromatic rings. The Morgan fingerprint density at radius 3 is 1.12 bits per heavy atom. The van der Waals surface area contributed by atoms with Crippen molar-refractivity contribution in [2.75, 3.05) is 0 Å². The summed E-state index contributed by atoms with van der Waals surface area (Å²) in [6.45, 7) is 9.56. The van der Waals surface area contributed by atoms with Crippen LogP contribution in [0.25, 0.3) is 182 Å². The Kier molecular flexibility index (Phi) is 15.9. The Bertz CT molecular complexity index is 8480. The topological polar surface area (TPSA) is 20.7 Å². The van der Waals surface area contributed by atoms with Gasteiger partial charge in [0.05, 0.1) is 21.9 Å². The van der Waals surface area contributed by atoms with Crippen LogP contribution in [0.3, 0.4) is 0 Å². The van der Waals surface area contributed by atoms with Gasteiger partial charge in [0, 0.05) is 53.6 Å². The summed E-state index contributed by atoms with van der Waals surface area (Å²) >= 11 is 3.73. The number of nitrogens with zero attached hydrogens (tertiary/aromatic N) is 1. The van der Waals surface area contributed by atoms with Gasteiger partial charge in [-0.05, 0) is 297 Å². The highest BCUT2D eigenvalue weighted by molar-refractivity contribution is 9.10. The minimum Gasteiger partial charge on any atom is -0.355 e. The Balaban J connectivity index is 0.000000115. The molecule has 0 amide bonds. The van der Waals surface area contributed by atoms with Crippen molar-refractivity contribution in [3.05, 3.63) is 496 Å². The van der Waals surface area contributed by atoms with E-state index in [1.807, 2.05) is 6.07 Å². The minimum atomic E-state index is -0.406. The van der Waals surface area contributed by atoms with E-state index in [1.54, 1.807) is 0 Å². The summed E-state index contributed by atoms with van der Waals surface area (Å²) in [6.07, 6.45) is 0. The van der Waals surface area contributed by atoms with Gasteiger partial charge in [0.2, 0.25) is 0 Å². The maximum Gasteiger partial charge on any atom is 0.0725 e.